The van der Waals surface area contributed by atoms with Crippen molar-refractivity contribution in [2.75, 3.05) is 19.7 Å². The summed E-state index contributed by atoms with van der Waals surface area (Å²) >= 11 is 0. The highest BCUT2D eigenvalue weighted by Gasteiger charge is 2.25. The number of hydrogen-bond acceptors (Lipinski definition) is 4. The fourth-order valence-corrected chi connectivity index (χ4v) is 3.58. The van der Waals surface area contributed by atoms with Crippen LogP contribution in [-0.4, -0.2) is 51.4 Å². The third kappa shape index (κ3) is 3.69. The molecular weight excluding hydrogens is 358 g/mol. The lowest BCUT2D eigenvalue weighted by molar-refractivity contribution is -0.134. The molecule has 1 aliphatic heterocycles. The fraction of sp³-hybridized carbons (Fsp3) is 0.286. The van der Waals surface area contributed by atoms with Gasteiger partial charge in [-0.05, 0) is 24.3 Å². The van der Waals surface area contributed by atoms with Crippen LogP contribution in [-0.2, 0) is 4.79 Å². The predicted molar refractivity (Wildman–Crippen MR) is 103 cm³/mol. The van der Waals surface area contributed by atoms with Gasteiger partial charge in [0, 0.05) is 24.7 Å². The van der Waals surface area contributed by atoms with E-state index >= 15 is 0 Å². The minimum absolute atomic E-state index is 0.00358. The number of likely N-dealkylation sites (tertiary alicyclic amines) is 1. The molecule has 1 saturated heterocycles. The maximum atomic E-state index is 12.5. The number of carbonyl (C=O) groups excluding carboxylic acids is 1. The molecule has 0 unspecified atom stereocenters. The Hall–Kier alpha value is -3.35. The number of fused-ring (bicyclic) bond motifs is 1. The summed E-state index contributed by atoms with van der Waals surface area (Å²) in [6.07, 6.45) is 4.38. The predicted octanol–water partition coefficient (Wildman–Crippen LogP) is 2.98. The van der Waals surface area contributed by atoms with Crippen LogP contribution >= 0.6 is 0 Å². The molecule has 1 fully saturated rings. The third-order valence-corrected chi connectivity index (χ3v) is 5.14. The number of aromatic carboxylic acids is 1. The number of hydrogen-bond donors (Lipinski definition) is 1. The molecule has 7 heteroatoms. The fourth-order valence-electron chi connectivity index (χ4n) is 3.58. The lowest BCUT2D eigenvalue weighted by Gasteiger charge is -2.32. The first-order valence-corrected chi connectivity index (χ1v) is 9.27. The van der Waals surface area contributed by atoms with Gasteiger partial charge >= 0.3 is 5.97 Å². The van der Waals surface area contributed by atoms with Crippen molar-refractivity contribution < 1.29 is 19.4 Å². The van der Waals surface area contributed by atoms with Crippen molar-refractivity contribution in [1.29, 1.82) is 0 Å². The number of carbonyl (C=O) groups is 2. The third-order valence-electron chi connectivity index (χ3n) is 5.14. The van der Waals surface area contributed by atoms with E-state index in [-0.39, 0.29) is 24.1 Å². The number of piperidine rings is 1. The van der Waals surface area contributed by atoms with E-state index in [4.69, 9.17) is 9.84 Å². The SMILES string of the molecule is O=C(O)c1cnn(C2CCN(C(=O)COc3cccc4ccccc34)CC2)c1. The number of nitrogens with zero attached hydrogens (tertiary/aromatic N) is 3. The number of carboxylic acids is 1. The average molecular weight is 379 g/mol. The first kappa shape index (κ1) is 18.0. The van der Waals surface area contributed by atoms with Crippen molar-refractivity contribution in [2.45, 2.75) is 18.9 Å². The number of carboxylic acid groups (broad SMARTS) is 1. The highest BCUT2D eigenvalue weighted by molar-refractivity contribution is 5.88. The van der Waals surface area contributed by atoms with Gasteiger partial charge in [0.05, 0.1) is 17.8 Å². The highest BCUT2D eigenvalue weighted by atomic mass is 16.5. The van der Waals surface area contributed by atoms with Crippen LogP contribution in [0.15, 0.2) is 54.9 Å². The van der Waals surface area contributed by atoms with Gasteiger partial charge in [0.1, 0.15) is 5.75 Å². The molecule has 0 aliphatic carbocycles. The Morgan fingerprint density at radius 2 is 1.86 bits per heavy atom. The van der Waals surface area contributed by atoms with Gasteiger partial charge < -0.3 is 14.7 Å². The molecule has 2 heterocycles. The lowest BCUT2D eigenvalue weighted by Crippen LogP contribution is -2.41. The molecular formula is C21H21N3O4. The van der Waals surface area contributed by atoms with E-state index in [9.17, 15) is 9.59 Å². The average Bonchev–Trinajstić information content (AvgIpc) is 3.23. The summed E-state index contributed by atoms with van der Waals surface area (Å²) in [7, 11) is 0. The topological polar surface area (TPSA) is 84.7 Å². The minimum Gasteiger partial charge on any atom is -0.483 e. The molecule has 0 spiro atoms. The second-order valence-corrected chi connectivity index (χ2v) is 6.89. The summed E-state index contributed by atoms with van der Waals surface area (Å²) in [5.74, 6) is -0.318. The molecule has 7 nitrogen and oxygen atoms in total. The number of rotatable bonds is 5. The smallest absolute Gasteiger partial charge is 0.338 e. The number of benzene rings is 2. The van der Waals surface area contributed by atoms with Crippen LogP contribution < -0.4 is 4.74 Å². The molecule has 28 heavy (non-hydrogen) atoms. The Kier molecular flexibility index (Phi) is 4.97. The molecule has 0 bridgehead atoms. The van der Waals surface area contributed by atoms with Gasteiger partial charge in [-0.15, -0.1) is 0 Å². The highest BCUT2D eigenvalue weighted by Crippen LogP contribution is 2.26. The molecule has 2 aromatic carbocycles. The zero-order chi connectivity index (χ0) is 19.5. The van der Waals surface area contributed by atoms with Crippen LogP contribution in [0.4, 0.5) is 0 Å². The summed E-state index contributed by atoms with van der Waals surface area (Å²) in [6.45, 7) is 1.21. The van der Waals surface area contributed by atoms with Crippen LogP contribution in [0.3, 0.4) is 0 Å². The molecule has 0 radical (unpaired) electrons. The van der Waals surface area contributed by atoms with E-state index in [0.29, 0.717) is 18.8 Å². The van der Waals surface area contributed by atoms with Crippen LogP contribution in [0.5, 0.6) is 5.75 Å². The van der Waals surface area contributed by atoms with Crippen molar-refractivity contribution in [3.8, 4) is 5.75 Å². The Bertz CT molecular complexity index is 1000. The maximum absolute atomic E-state index is 12.5. The van der Waals surface area contributed by atoms with Crippen molar-refractivity contribution in [1.82, 2.24) is 14.7 Å². The first-order chi connectivity index (χ1) is 13.6. The second kappa shape index (κ2) is 7.72. The number of amides is 1. The van der Waals surface area contributed by atoms with Gasteiger partial charge in [0.25, 0.3) is 5.91 Å². The Morgan fingerprint density at radius 3 is 2.61 bits per heavy atom. The van der Waals surface area contributed by atoms with Crippen molar-refractivity contribution in [3.05, 3.63) is 60.4 Å². The molecule has 144 valence electrons. The summed E-state index contributed by atoms with van der Waals surface area (Å²) in [4.78, 5) is 25.3. The molecule has 0 saturated carbocycles. The first-order valence-electron chi connectivity index (χ1n) is 9.27. The lowest BCUT2D eigenvalue weighted by atomic mass is 10.1. The van der Waals surface area contributed by atoms with E-state index < -0.39 is 5.97 Å². The maximum Gasteiger partial charge on any atom is 0.338 e. The standard InChI is InChI=1S/C21H21N3O4/c25-20(14-28-19-7-3-5-15-4-1-2-6-18(15)19)23-10-8-17(9-11-23)24-13-16(12-22-24)21(26)27/h1-7,12-13,17H,8-11,14H2,(H,26,27). The zero-order valence-corrected chi connectivity index (χ0v) is 15.3. The van der Waals surface area contributed by atoms with E-state index in [1.165, 1.54) is 6.20 Å². The van der Waals surface area contributed by atoms with E-state index in [2.05, 4.69) is 5.10 Å². The van der Waals surface area contributed by atoms with Crippen molar-refractivity contribution >= 4 is 22.6 Å². The quantitative estimate of drug-likeness (QED) is 0.737. The summed E-state index contributed by atoms with van der Waals surface area (Å²) in [5, 5.41) is 15.2. The normalized spacial score (nSPS) is 14.9. The largest absolute Gasteiger partial charge is 0.483 e. The Balaban J connectivity index is 1.33. The number of aromatic nitrogens is 2. The molecule has 1 amide bonds. The monoisotopic (exact) mass is 379 g/mol. The molecule has 1 aliphatic rings. The van der Waals surface area contributed by atoms with Gasteiger partial charge in [0.15, 0.2) is 6.61 Å². The summed E-state index contributed by atoms with van der Waals surface area (Å²) in [6, 6.07) is 13.8. The van der Waals surface area contributed by atoms with Crippen LogP contribution in [0.1, 0.15) is 29.2 Å². The summed E-state index contributed by atoms with van der Waals surface area (Å²) < 4.78 is 7.49. The zero-order valence-electron chi connectivity index (χ0n) is 15.3. The van der Waals surface area contributed by atoms with Crippen LogP contribution in [0.2, 0.25) is 0 Å². The molecule has 0 atom stereocenters. The van der Waals surface area contributed by atoms with Crippen LogP contribution in [0, 0.1) is 0 Å². The molecule has 4 rings (SSSR count). The molecule has 1 N–H and O–H groups in total. The van der Waals surface area contributed by atoms with Gasteiger partial charge in [-0.3, -0.25) is 9.48 Å². The Labute approximate surface area is 162 Å². The summed E-state index contributed by atoms with van der Waals surface area (Å²) in [5.41, 5.74) is 0.182. The molecule has 1 aromatic heterocycles. The minimum atomic E-state index is -0.982. The van der Waals surface area contributed by atoms with Gasteiger partial charge in [0.2, 0.25) is 0 Å². The van der Waals surface area contributed by atoms with Gasteiger partial charge in [-0.2, -0.15) is 5.10 Å². The van der Waals surface area contributed by atoms with Gasteiger partial charge in [-0.1, -0.05) is 36.4 Å². The van der Waals surface area contributed by atoms with Gasteiger partial charge in [-0.25, -0.2) is 4.79 Å². The van der Waals surface area contributed by atoms with E-state index in [1.54, 1.807) is 15.8 Å². The van der Waals surface area contributed by atoms with Crippen LogP contribution in [0.25, 0.3) is 10.8 Å². The second-order valence-electron chi connectivity index (χ2n) is 6.89. The van der Waals surface area contributed by atoms with E-state index in [0.717, 1.165) is 23.6 Å². The van der Waals surface area contributed by atoms with Crippen molar-refractivity contribution in [2.24, 2.45) is 0 Å². The van der Waals surface area contributed by atoms with E-state index in [1.807, 2.05) is 42.5 Å². The number of ether oxygens (including phenoxy) is 1. The molecule has 3 aromatic rings. The van der Waals surface area contributed by atoms with Crippen molar-refractivity contribution in [3.63, 3.8) is 0 Å². The Morgan fingerprint density at radius 1 is 1.11 bits per heavy atom.